The van der Waals surface area contributed by atoms with Crippen LogP contribution in [0.2, 0.25) is 0 Å². The molecule has 0 saturated heterocycles. The van der Waals surface area contributed by atoms with Crippen molar-refractivity contribution in [3.63, 3.8) is 0 Å². The molecule has 84 valence electrons. The Labute approximate surface area is 97.6 Å². The number of hydrogen-bond acceptors (Lipinski definition) is 2. The SMILES string of the molecule is CCNCC(C)(O)c1cccc(Br)c1F. The van der Waals surface area contributed by atoms with E-state index in [1.807, 2.05) is 6.92 Å². The normalized spacial score (nSPS) is 15.0. The summed E-state index contributed by atoms with van der Waals surface area (Å²) in [5, 5.41) is 13.1. The molecule has 1 atom stereocenters. The lowest BCUT2D eigenvalue weighted by molar-refractivity contribution is 0.0537. The van der Waals surface area contributed by atoms with Crippen LogP contribution < -0.4 is 5.32 Å². The Kier molecular flexibility index (Phi) is 4.25. The van der Waals surface area contributed by atoms with Crippen molar-refractivity contribution in [3.8, 4) is 0 Å². The van der Waals surface area contributed by atoms with Crippen LogP contribution >= 0.6 is 15.9 Å². The zero-order valence-electron chi connectivity index (χ0n) is 8.85. The van der Waals surface area contributed by atoms with E-state index in [1.165, 1.54) is 0 Å². The molecule has 1 aromatic carbocycles. The topological polar surface area (TPSA) is 32.3 Å². The Morgan fingerprint density at radius 2 is 2.20 bits per heavy atom. The Balaban J connectivity index is 2.98. The Hall–Kier alpha value is -0.450. The van der Waals surface area contributed by atoms with Gasteiger partial charge in [0.05, 0.1) is 4.47 Å². The van der Waals surface area contributed by atoms with Gasteiger partial charge in [0.15, 0.2) is 0 Å². The van der Waals surface area contributed by atoms with Gasteiger partial charge in [-0.1, -0.05) is 19.1 Å². The van der Waals surface area contributed by atoms with Crippen LogP contribution in [0.5, 0.6) is 0 Å². The van der Waals surface area contributed by atoms with Crippen molar-refractivity contribution >= 4 is 15.9 Å². The summed E-state index contributed by atoms with van der Waals surface area (Å²) in [6, 6.07) is 4.92. The summed E-state index contributed by atoms with van der Waals surface area (Å²) < 4.78 is 14.1. The second-order valence-electron chi connectivity index (χ2n) is 3.66. The monoisotopic (exact) mass is 275 g/mol. The molecule has 4 heteroatoms. The Morgan fingerprint density at radius 1 is 1.53 bits per heavy atom. The van der Waals surface area contributed by atoms with Gasteiger partial charge in [0.2, 0.25) is 0 Å². The third-order valence-electron chi connectivity index (χ3n) is 2.25. The maximum atomic E-state index is 13.7. The molecule has 1 rings (SSSR count). The van der Waals surface area contributed by atoms with E-state index in [-0.39, 0.29) is 0 Å². The van der Waals surface area contributed by atoms with Gasteiger partial charge < -0.3 is 10.4 Å². The molecule has 0 aliphatic carbocycles. The number of nitrogens with one attached hydrogen (secondary N) is 1. The number of hydrogen-bond donors (Lipinski definition) is 2. The van der Waals surface area contributed by atoms with Gasteiger partial charge in [0.25, 0.3) is 0 Å². The molecule has 0 heterocycles. The maximum Gasteiger partial charge on any atom is 0.143 e. The van der Waals surface area contributed by atoms with Gasteiger partial charge in [0, 0.05) is 12.1 Å². The van der Waals surface area contributed by atoms with Gasteiger partial charge in [-0.15, -0.1) is 0 Å². The van der Waals surface area contributed by atoms with Gasteiger partial charge >= 0.3 is 0 Å². The van der Waals surface area contributed by atoms with E-state index < -0.39 is 11.4 Å². The molecule has 2 nitrogen and oxygen atoms in total. The Morgan fingerprint density at radius 3 is 2.80 bits per heavy atom. The average Bonchev–Trinajstić information content (AvgIpc) is 2.19. The van der Waals surface area contributed by atoms with Crippen molar-refractivity contribution in [2.24, 2.45) is 0 Å². The number of rotatable bonds is 4. The standard InChI is InChI=1S/C11H15BrFNO/c1-3-14-7-11(2,15)8-5-4-6-9(12)10(8)13/h4-6,14-15H,3,7H2,1-2H3. The summed E-state index contributed by atoms with van der Waals surface area (Å²) in [4.78, 5) is 0. The third kappa shape index (κ3) is 3.00. The largest absolute Gasteiger partial charge is 0.384 e. The summed E-state index contributed by atoms with van der Waals surface area (Å²) >= 11 is 3.10. The second-order valence-corrected chi connectivity index (χ2v) is 4.51. The van der Waals surface area contributed by atoms with Crippen LogP contribution in [-0.2, 0) is 5.60 Å². The summed E-state index contributed by atoms with van der Waals surface area (Å²) in [6.45, 7) is 4.61. The second kappa shape index (κ2) is 5.05. The van der Waals surface area contributed by atoms with Gasteiger partial charge in [-0.05, 0) is 35.5 Å². The third-order valence-corrected chi connectivity index (χ3v) is 2.86. The fourth-order valence-corrected chi connectivity index (χ4v) is 1.75. The van der Waals surface area contributed by atoms with Crippen LogP contribution in [0.3, 0.4) is 0 Å². The first-order chi connectivity index (χ1) is 6.99. The van der Waals surface area contributed by atoms with Crippen LogP contribution in [-0.4, -0.2) is 18.2 Å². The van der Waals surface area contributed by atoms with E-state index in [0.29, 0.717) is 16.6 Å². The van der Waals surface area contributed by atoms with Crippen molar-refractivity contribution in [2.45, 2.75) is 19.4 Å². The summed E-state index contributed by atoms with van der Waals surface area (Å²) in [5.41, 5.74) is -0.887. The van der Waals surface area contributed by atoms with Gasteiger partial charge in [0.1, 0.15) is 11.4 Å². The fourth-order valence-electron chi connectivity index (χ4n) is 1.38. The van der Waals surface area contributed by atoms with E-state index >= 15 is 0 Å². The van der Waals surface area contributed by atoms with Crippen molar-refractivity contribution in [2.75, 3.05) is 13.1 Å². The predicted octanol–water partition coefficient (Wildman–Crippen LogP) is 2.41. The summed E-state index contributed by atoms with van der Waals surface area (Å²) in [7, 11) is 0. The van der Waals surface area contributed by atoms with E-state index in [1.54, 1.807) is 25.1 Å². The highest BCUT2D eigenvalue weighted by molar-refractivity contribution is 9.10. The molecule has 0 bridgehead atoms. The molecule has 2 N–H and O–H groups in total. The fraction of sp³-hybridized carbons (Fsp3) is 0.455. The zero-order chi connectivity index (χ0) is 11.5. The molecular weight excluding hydrogens is 261 g/mol. The first kappa shape index (κ1) is 12.6. The number of halogens is 2. The molecule has 1 aromatic rings. The predicted molar refractivity (Wildman–Crippen MR) is 62.2 cm³/mol. The molecule has 0 aliphatic rings. The van der Waals surface area contributed by atoms with Crippen molar-refractivity contribution < 1.29 is 9.50 Å². The summed E-state index contributed by atoms with van der Waals surface area (Å²) in [5.74, 6) is -0.402. The van der Waals surface area contributed by atoms with Gasteiger partial charge in [-0.2, -0.15) is 0 Å². The summed E-state index contributed by atoms with van der Waals surface area (Å²) in [6.07, 6.45) is 0. The zero-order valence-corrected chi connectivity index (χ0v) is 10.4. The van der Waals surface area contributed by atoms with E-state index in [2.05, 4.69) is 21.2 Å². The molecule has 0 aromatic heterocycles. The smallest absolute Gasteiger partial charge is 0.143 e. The highest BCUT2D eigenvalue weighted by Gasteiger charge is 2.26. The molecule has 15 heavy (non-hydrogen) atoms. The number of likely N-dealkylation sites (N-methyl/N-ethyl adjacent to an activating group) is 1. The van der Waals surface area contributed by atoms with Gasteiger partial charge in [-0.3, -0.25) is 0 Å². The minimum atomic E-state index is -1.19. The van der Waals surface area contributed by atoms with Crippen LogP contribution in [0.4, 0.5) is 4.39 Å². The lowest BCUT2D eigenvalue weighted by Gasteiger charge is -2.24. The Bertz CT molecular complexity index is 341. The van der Waals surface area contributed by atoms with Crippen molar-refractivity contribution in [1.82, 2.24) is 5.32 Å². The highest BCUT2D eigenvalue weighted by atomic mass is 79.9. The molecule has 1 unspecified atom stereocenters. The number of aliphatic hydroxyl groups is 1. The van der Waals surface area contributed by atoms with Crippen molar-refractivity contribution in [1.29, 1.82) is 0 Å². The maximum absolute atomic E-state index is 13.7. The first-order valence-electron chi connectivity index (χ1n) is 4.86. The average molecular weight is 276 g/mol. The van der Waals surface area contributed by atoms with Crippen LogP contribution in [0, 0.1) is 5.82 Å². The minimum absolute atomic E-state index is 0.304. The van der Waals surface area contributed by atoms with E-state index in [4.69, 9.17) is 0 Å². The lowest BCUT2D eigenvalue weighted by atomic mass is 9.95. The van der Waals surface area contributed by atoms with Crippen LogP contribution in [0.15, 0.2) is 22.7 Å². The molecule has 0 radical (unpaired) electrons. The molecule has 0 spiro atoms. The minimum Gasteiger partial charge on any atom is -0.384 e. The molecule has 0 amide bonds. The number of benzene rings is 1. The van der Waals surface area contributed by atoms with E-state index in [0.717, 1.165) is 6.54 Å². The molecular formula is C11H15BrFNO. The molecule has 0 fully saturated rings. The van der Waals surface area contributed by atoms with Crippen LogP contribution in [0.25, 0.3) is 0 Å². The van der Waals surface area contributed by atoms with Crippen molar-refractivity contribution in [3.05, 3.63) is 34.1 Å². The first-order valence-corrected chi connectivity index (χ1v) is 5.66. The van der Waals surface area contributed by atoms with Crippen LogP contribution in [0.1, 0.15) is 19.4 Å². The molecule has 0 aliphatic heterocycles. The molecule has 0 saturated carbocycles. The van der Waals surface area contributed by atoms with E-state index in [9.17, 15) is 9.50 Å². The lowest BCUT2D eigenvalue weighted by Crippen LogP contribution is -2.36. The highest BCUT2D eigenvalue weighted by Crippen LogP contribution is 2.27. The quantitative estimate of drug-likeness (QED) is 0.885. The van der Waals surface area contributed by atoms with Gasteiger partial charge in [-0.25, -0.2) is 4.39 Å².